The number of halogens is 2. The smallest absolute Gasteiger partial charge is 0.291 e. The van der Waals surface area contributed by atoms with Gasteiger partial charge in [0.25, 0.3) is 6.43 Å². The normalized spacial score (nSPS) is 15.2. The molecule has 0 atom stereocenters. The van der Waals surface area contributed by atoms with Gasteiger partial charge in [0.15, 0.2) is 15.8 Å². The zero-order valence-electron chi connectivity index (χ0n) is 17.8. The minimum Gasteiger partial charge on any atom is -0.385 e. The highest BCUT2D eigenvalue weighted by molar-refractivity contribution is 7.89. The fourth-order valence-electron chi connectivity index (χ4n) is 3.32. The predicted octanol–water partition coefficient (Wildman–Crippen LogP) is 2.60. The van der Waals surface area contributed by atoms with Gasteiger partial charge < -0.3 is 9.64 Å². The molecule has 14 heteroatoms. The van der Waals surface area contributed by atoms with Crippen molar-refractivity contribution < 1.29 is 21.9 Å². The summed E-state index contributed by atoms with van der Waals surface area (Å²) in [7, 11) is -0.650. The molecule has 0 amide bonds. The van der Waals surface area contributed by atoms with Crippen molar-refractivity contribution in [2.75, 3.05) is 32.2 Å². The molecule has 0 unspecified atom stereocenters. The van der Waals surface area contributed by atoms with Crippen molar-refractivity contribution in [2.45, 2.75) is 36.1 Å². The Morgan fingerprint density at radius 3 is 2.79 bits per heavy atom. The predicted molar refractivity (Wildman–Crippen MR) is 117 cm³/mol. The highest BCUT2D eigenvalue weighted by Gasteiger charge is 2.47. The average molecular weight is 498 g/mol. The molecular weight excluding hydrogens is 476 g/mol. The van der Waals surface area contributed by atoms with Gasteiger partial charge in [-0.2, -0.15) is 9.98 Å². The molecule has 3 aromatic rings. The van der Waals surface area contributed by atoms with Crippen LogP contribution in [-0.2, 0) is 14.8 Å². The first-order valence-electron chi connectivity index (χ1n) is 9.98. The van der Waals surface area contributed by atoms with Gasteiger partial charge in [0.1, 0.15) is 10.4 Å². The molecule has 176 valence electrons. The summed E-state index contributed by atoms with van der Waals surface area (Å²) in [6, 6.07) is 3.52. The van der Waals surface area contributed by atoms with E-state index in [-0.39, 0.29) is 15.7 Å². The summed E-state index contributed by atoms with van der Waals surface area (Å²) in [6.07, 6.45) is 1.68. The fourth-order valence-corrected chi connectivity index (χ4v) is 5.41. The topological polar surface area (TPSA) is 126 Å². The maximum absolute atomic E-state index is 13.1. The number of rotatable bonds is 10. The van der Waals surface area contributed by atoms with E-state index in [9.17, 15) is 22.5 Å². The number of nitriles is 1. The van der Waals surface area contributed by atoms with Gasteiger partial charge in [0.05, 0.1) is 23.5 Å². The minimum absolute atomic E-state index is 0.0806. The summed E-state index contributed by atoms with van der Waals surface area (Å²) < 4.78 is 61.4. The maximum Gasteiger partial charge on any atom is 0.291 e. The number of nitrogens with one attached hydrogen (secondary N) is 1. The van der Waals surface area contributed by atoms with Gasteiger partial charge in [-0.1, -0.05) is 11.3 Å². The third-order valence-electron chi connectivity index (χ3n) is 5.27. The summed E-state index contributed by atoms with van der Waals surface area (Å²) >= 11 is 0.688. The first-order chi connectivity index (χ1) is 15.7. The molecule has 1 saturated carbocycles. The van der Waals surface area contributed by atoms with E-state index in [4.69, 9.17) is 4.74 Å². The summed E-state index contributed by atoms with van der Waals surface area (Å²) in [5.41, 5.74) is 0.0359. The molecule has 0 radical (unpaired) electrons. The van der Waals surface area contributed by atoms with Gasteiger partial charge in [-0.3, -0.25) is 4.40 Å². The lowest BCUT2D eigenvalue weighted by atomic mass is 10.3. The lowest BCUT2D eigenvalue weighted by Crippen LogP contribution is -2.35. The third kappa shape index (κ3) is 4.67. The van der Waals surface area contributed by atoms with Crippen LogP contribution in [0.1, 0.15) is 30.7 Å². The number of fused-ring (bicyclic) bond motifs is 1. The molecule has 0 aromatic carbocycles. The molecule has 0 bridgehead atoms. The number of nitrogens with zero attached hydrogens (tertiary/aromatic N) is 6. The quantitative estimate of drug-likeness (QED) is 0.424. The van der Waals surface area contributed by atoms with Crippen molar-refractivity contribution >= 4 is 32.6 Å². The van der Waals surface area contributed by atoms with Crippen molar-refractivity contribution in [3.8, 4) is 16.9 Å². The molecule has 4 rings (SSSR count). The van der Waals surface area contributed by atoms with Gasteiger partial charge in [-0.05, 0) is 25.3 Å². The van der Waals surface area contributed by atoms with E-state index in [1.54, 1.807) is 14.2 Å². The van der Waals surface area contributed by atoms with E-state index in [0.29, 0.717) is 55.0 Å². The molecule has 1 fully saturated rings. The molecule has 1 aliphatic carbocycles. The van der Waals surface area contributed by atoms with Crippen LogP contribution in [0, 0.1) is 11.3 Å². The van der Waals surface area contributed by atoms with E-state index in [1.165, 1.54) is 22.9 Å². The van der Waals surface area contributed by atoms with Crippen LogP contribution >= 0.6 is 11.3 Å². The third-order valence-corrected chi connectivity index (χ3v) is 7.70. The van der Waals surface area contributed by atoms with Crippen LogP contribution in [0.4, 0.5) is 14.5 Å². The largest absolute Gasteiger partial charge is 0.385 e. The summed E-state index contributed by atoms with van der Waals surface area (Å²) in [6.45, 7) is 1.09. The molecule has 1 aliphatic rings. The summed E-state index contributed by atoms with van der Waals surface area (Å²) in [5.74, 6) is 0.194. The SMILES string of the molecule is COCCCN(C)c1cc(S(=O)(=O)NC2(C#N)CC2)cn2c(-c3nnc(C(F)F)s3)ncc12. The zero-order chi connectivity index (χ0) is 23.8. The lowest BCUT2D eigenvalue weighted by molar-refractivity contribution is 0.150. The number of anilines is 1. The number of sulfonamides is 1. The molecule has 1 N–H and O–H groups in total. The van der Waals surface area contributed by atoms with Gasteiger partial charge in [0, 0.05) is 33.5 Å². The number of pyridine rings is 1. The van der Waals surface area contributed by atoms with E-state index < -0.39 is 27.0 Å². The number of imidazole rings is 1. The number of hydrogen-bond acceptors (Lipinski definition) is 9. The summed E-state index contributed by atoms with van der Waals surface area (Å²) in [5, 5.41) is 16.3. The van der Waals surface area contributed by atoms with Crippen LogP contribution in [0.15, 0.2) is 23.4 Å². The molecule has 0 spiro atoms. The molecule has 3 heterocycles. The molecular formula is C19H21F2N7O3S2. The van der Waals surface area contributed by atoms with Crippen LogP contribution in [0.5, 0.6) is 0 Å². The van der Waals surface area contributed by atoms with Crippen molar-refractivity contribution in [3.05, 3.63) is 23.5 Å². The zero-order valence-corrected chi connectivity index (χ0v) is 19.5. The van der Waals surface area contributed by atoms with Crippen LogP contribution in [0.2, 0.25) is 0 Å². The number of alkyl halides is 2. The Bertz CT molecular complexity index is 1310. The first kappa shape index (κ1) is 23.4. The highest BCUT2D eigenvalue weighted by atomic mass is 32.2. The highest BCUT2D eigenvalue weighted by Crippen LogP contribution is 2.37. The van der Waals surface area contributed by atoms with Crippen molar-refractivity contribution in [1.29, 1.82) is 5.26 Å². The standard InChI is InChI=1S/C19H21F2N7O3S2/c1-27(6-3-7-31-2)13-8-12(33(29,30)26-19(11-22)4-5-19)10-28-14(13)9-23-16(28)18-25-24-17(32-18)15(20)21/h8-10,15,26H,3-7H2,1-2H3. The maximum atomic E-state index is 13.1. The Morgan fingerprint density at radius 1 is 1.42 bits per heavy atom. The molecule has 3 aromatic heterocycles. The van der Waals surface area contributed by atoms with Gasteiger partial charge in [0.2, 0.25) is 10.0 Å². The van der Waals surface area contributed by atoms with Gasteiger partial charge in [-0.15, -0.1) is 10.2 Å². The second kappa shape index (κ2) is 8.90. The number of ether oxygens (including phenoxy) is 1. The van der Waals surface area contributed by atoms with Crippen LogP contribution < -0.4 is 9.62 Å². The van der Waals surface area contributed by atoms with Crippen LogP contribution in [0.25, 0.3) is 16.3 Å². The van der Waals surface area contributed by atoms with E-state index in [1.807, 2.05) is 11.0 Å². The fraction of sp³-hybridized carbons (Fsp3) is 0.474. The molecule has 10 nitrogen and oxygen atoms in total. The van der Waals surface area contributed by atoms with Gasteiger partial charge in [-0.25, -0.2) is 22.2 Å². The molecule has 0 aliphatic heterocycles. The molecule has 0 saturated heterocycles. The van der Waals surface area contributed by atoms with E-state index >= 15 is 0 Å². The number of hydrogen-bond donors (Lipinski definition) is 1. The van der Waals surface area contributed by atoms with Crippen molar-refractivity contribution in [3.63, 3.8) is 0 Å². The average Bonchev–Trinajstić information content (AvgIpc) is 3.18. The summed E-state index contributed by atoms with van der Waals surface area (Å²) in [4.78, 5) is 6.09. The Hall–Kier alpha value is -2.73. The lowest BCUT2D eigenvalue weighted by Gasteiger charge is -2.22. The second-order valence-electron chi connectivity index (χ2n) is 7.71. The van der Waals surface area contributed by atoms with E-state index in [2.05, 4.69) is 19.9 Å². The first-order valence-corrected chi connectivity index (χ1v) is 12.3. The monoisotopic (exact) mass is 497 g/mol. The van der Waals surface area contributed by atoms with Crippen LogP contribution in [-0.4, -0.2) is 60.8 Å². The van der Waals surface area contributed by atoms with E-state index in [0.717, 1.165) is 0 Å². The Labute approximate surface area is 192 Å². The Morgan fingerprint density at radius 2 is 2.18 bits per heavy atom. The molecule has 33 heavy (non-hydrogen) atoms. The minimum atomic E-state index is -4.05. The number of aromatic nitrogens is 4. The second-order valence-corrected chi connectivity index (χ2v) is 10.4. The number of methoxy groups -OCH3 is 1. The Kier molecular flexibility index (Phi) is 6.32. The van der Waals surface area contributed by atoms with Crippen molar-refractivity contribution in [2.24, 2.45) is 0 Å². The Balaban J connectivity index is 1.83. The van der Waals surface area contributed by atoms with Gasteiger partial charge >= 0.3 is 0 Å². The van der Waals surface area contributed by atoms with Crippen molar-refractivity contribution in [1.82, 2.24) is 24.3 Å². The van der Waals surface area contributed by atoms with Crippen LogP contribution in [0.3, 0.4) is 0 Å².